The molecule has 0 aliphatic rings. The Balaban J connectivity index is 2.03. The van der Waals surface area contributed by atoms with Crippen molar-refractivity contribution in [1.82, 2.24) is 9.36 Å². The van der Waals surface area contributed by atoms with Crippen LogP contribution >= 0.6 is 11.5 Å². The maximum absolute atomic E-state index is 12.1. The topological polar surface area (TPSA) is 80.9 Å². The fourth-order valence-electron chi connectivity index (χ4n) is 1.69. The van der Waals surface area contributed by atoms with Gasteiger partial charge in [-0.1, -0.05) is 37.3 Å². The molecular weight excluding hydrogens is 260 g/mol. The van der Waals surface area contributed by atoms with Crippen LogP contribution in [0.5, 0.6) is 0 Å². The molecule has 3 N–H and O–H groups in total. The van der Waals surface area contributed by atoms with Gasteiger partial charge in [0.1, 0.15) is 5.82 Å². The molecule has 0 fully saturated rings. The van der Waals surface area contributed by atoms with Crippen LogP contribution in [-0.2, 0) is 4.79 Å². The highest BCUT2D eigenvalue weighted by Gasteiger charge is 2.22. The predicted octanol–water partition coefficient (Wildman–Crippen LogP) is 2.12. The van der Waals surface area contributed by atoms with Gasteiger partial charge in [0.15, 0.2) is 0 Å². The average molecular weight is 276 g/mol. The Kier molecular flexibility index (Phi) is 4.24. The molecule has 2 unspecified atom stereocenters. The van der Waals surface area contributed by atoms with Crippen LogP contribution in [0.3, 0.4) is 0 Å². The molecule has 1 aromatic carbocycles. The van der Waals surface area contributed by atoms with Crippen LogP contribution in [0.25, 0.3) is 0 Å². The number of aryl methyl sites for hydroxylation is 1. The van der Waals surface area contributed by atoms with Gasteiger partial charge in [0.2, 0.25) is 11.0 Å². The minimum absolute atomic E-state index is 0.146. The van der Waals surface area contributed by atoms with E-state index in [4.69, 9.17) is 5.73 Å². The van der Waals surface area contributed by atoms with Crippen LogP contribution in [0.15, 0.2) is 30.3 Å². The van der Waals surface area contributed by atoms with Crippen LogP contribution in [0.2, 0.25) is 0 Å². The highest BCUT2D eigenvalue weighted by molar-refractivity contribution is 7.09. The van der Waals surface area contributed by atoms with Crippen LogP contribution in [0.4, 0.5) is 5.13 Å². The summed E-state index contributed by atoms with van der Waals surface area (Å²) in [5.74, 6) is 0.166. The first kappa shape index (κ1) is 13.6. The van der Waals surface area contributed by atoms with Gasteiger partial charge in [-0.05, 0) is 12.5 Å². The predicted molar refractivity (Wildman–Crippen MR) is 75.8 cm³/mol. The number of nitrogens with zero attached hydrogens (tertiary/aromatic N) is 2. The van der Waals surface area contributed by atoms with E-state index in [9.17, 15) is 4.79 Å². The van der Waals surface area contributed by atoms with Gasteiger partial charge in [-0.2, -0.15) is 4.37 Å². The molecule has 2 atom stereocenters. The molecule has 2 aromatic rings. The van der Waals surface area contributed by atoms with E-state index in [1.165, 1.54) is 11.5 Å². The number of benzene rings is 1. The smallest absolute Gasteiger partial charge is 0.230 e. The monoisotopic (exact) mass is 276 g/mol. The first-order chi connectivity index (χ1) is 9.08. The zero-order valence-electron chi connectivity index (χ0n) is 10.8. The normalized spacial score (nSPS) is 13.8. The lowest BCUT2D eigenvalue weighted by Gasteiger charge is -2.18. The van der Waals surface area contributed by atoms with Crippen LogP contribution < -0.4 is 11.1 Å². The van der Waals surface area contributed by atoms with Crippen molar-refractivity contribution in [3.05, 3.63) is 41.7 Å². The number of nitrogens with two attached hydrogens (primary N) is 1. The second-order valence-corrected chi connectivity index (χ2v) is 5.11. The average Bonchev–Trinajstić information content (AvgIpc) is 2.83. The number of aromatic nitrogens is 2. The van der Waals surface area contributed by atoms with Crippen molar-refractivity contribution in [2.75, 3.05) is 5.32 Å². The zero-order chi connectivity index (χ0) is 13.8. The molecule has 0 spiro atoms. The molecule has 1 amide bonds. The van der Waals surface area contributed by atoms with Gasteiger partial charge < -0.3 is 11.1 Å². The largest absolute Gasteiger partial charge is 0.323 e. The lowest BCUT2D eigenvalue weighted by Crippen LogP contribution is -2.30. The van der Waals surface area contributed by atoms with E-state index in [0.717, 1.165) is 5.56 Å². The van der Waals surface area contributed by atoms with Gasteiger partial charge in [0, 0.05) is 17.6 Å². The SMILES string of the molecule is Cc1nsc(NC(=O)C(C)C(N)c2ccccc2)n1. The highest BCUT2D eigenvalue weighted by Crippen LogP contribution is 2.21. The summed E-state index contributed by atoms with van der Waals surface area (Å²) < 4.78 is 4.02. The van der Waals surface area contributed by atoms with Gasteiger partial charge in [0.25, 0.3) is 0 Å². The summed E-state index contributed by atoms with van der Waals surface area (Å²) in [4.78, 5) is 16.2. The van der Waals surface area contributed by atoms with Crippen LogP contribution in [-0.4, -0.2) is 15.3 Å². The standard InChI is InChI=1S/C13H16N4OS/c1-8(11(14)10-6-4-3-5-7-10)12(18)16-13-15-9(2)17-19-13/h3-8,11H,14H2,1-2H3,(H,15,16,17,18). The van der Waals surface area contributed by atoms with Gasteiger partial charge in [-0.3, -0.25) is 4.79 Å². The van der Waals surface area contributed by atoms with Crippen molar-refractivity contribution in [2.45, 2.75) is 19.9 Å². The van der Waals surface area contributed by atoms with E-state index in [2.05, 4.69) is 14.7 Å². The number of rotatable bonds is 4. The van der Waals surface area contributed by atoms with Gasteiger partial charge in [-0.15, -0.1) is 0 Å². The van der Waals surface area contributed by atoms with E-state index in [0.29, 0.717) is 11.0 Å². The summed E-state index contributed by atoms with van der Waals surface area (Å²) in [6.45, 7) is 3.59. The Morgan fingerprint density at radius 3 is 2.63 bits per heavy atom. The Morgan fingerprint density at radius 1 is 1.37 bits per heavy atom. The third-order valence-electron chi connectivity index (χ3n) is 2.89. The van der Waals surface area contributed by atoms with E-state index in [1.807, 2.05) is 30.3 Å². The fraction of sp³-hybridized carbons (Fsp3) is 0.308. The molecule has 6 heteroatoms. The first-order valence-electron chi connectivity index (χ1n) is 5.99. The van der Waals surface area contributed by atoms with E-state index in [-0.39, 0.29) is 17.9 Å². The molecule has 100 valence electrons. The van der Waals surface area contributed by atoms with Crippen molar-refractivity contribution in [1.29, 1.82) is 0 Å². The molecular formula is C13H16N4OS. The second-order valence-electron chi connectivity index (χ2n) is 4.36. The zero-order valence-corrected chi connectivity index (χ0v) is 11.6. The molecule has 0 radical (unpaired) electrons. The molecule has 0 saturated heterocycles. The number of carbonyl (C=O) groups is 1. The molecule has 0 saturated carbocycles. The van der Waals surface area contributed by atoms with Crippen molar-refractivity contribution >= 4 is 22.6 Å². The number of anilines is 1. The van der Waals surface area contributed by atoms with Crippen molar-refractivity contribution < 1.29 is 4.79 Å². The number of carbonyl (C=O) groups excluding carboxylic acids is 1. The Bertz CT molecular complexity index is 555. The van der Waals surface area contributed by atoms with Gasteiger partial charge in [0.05, 0.1) is 5.92 Å². The van der Waals surface area contributed by atoms with E-state index < -0.39 is 0 Å². The summed E-state index contributed by atoms with van der Waals surface area (Å²) in [7, 11) is 0. The molecule has 0 bridgehead atoms. The molecule has 19 heavy (non-hydrogen) atoms. The maximum Gasteiger partial charge on any atom is 0.230 e. The van der Waals surface area contributed by atoms with Crippen LogP contribution in [0, 0.1) is 12.8 Å². The fourth-order valence-corrected chi connectivity index (χ4v) is 2.27. The summed E-state index contributed by atoms with van der Waals surface area (Å²) in [6.07, 6.45) is 0. The molecule has 0 aliphatic carbocycles. The van der Waals surface area contributed by atoms with E-state index >= 15 is 0 Å². The number of amides is 1. The Morgan fingerprint density at radius 2 is 2.05 bits per heavy atom. The van der Waals surface area contributed by atoms with Crippen molar-refractivity contribution in [2.24, 2.45) is 11.7 Å². The Hall–Kier alpha value is -1.79. The summed E-state index contributed by atoms with van der Waals surface area (Å²) in [5.41, 5.74) is 7.05. The minimum atomic E-state index is -0.341. The number of hydrogen-bond donors (Lipinski definition) is 2. The third-order valence-corrected chi connectivity index (χ3v) is 3.62. The maximum atomic E-state index is 12.1. The van der Waals surface area contributed by atoms with Gasteiger partial charge in [-0.25, -0.2) is 4.98 Å². The van der Waals surface area contributed by atoms with Crippen molar-refractivity contribution in [3.63, 3.8) is 0 Å². The summed E-state index contributed by atoms with van der Waals surface area (Å²) >= 11 is 1.17. The minimum Gasteiger partial charge on any atom is -0.323 e. The Labute approximate surface area is 116 Å². The summed E-state index contributed by atoms with van der Waals surface area (Å²) in [5, 5.41) is 3.25. The molecule has 1 aromatic heterocycles. The van der Waals surface area contributed by atoms with Crippen molar-refractivity contribution in [3.8, 4) is 0 Å². The van der Waals surface area contributed by atoms with E-state index in [1.54, 1.807) is 13.8 Å². The number of hydrogen-bond acceptors (Lipinski definition) is 5. The highest BCUT2D eigenvalue weighted by atomic mass is 32.1. The second kappa shape index (κ2) is 5.90. The molecule has 2 rings (SSSR count). The molecule has 5 nitrogen and oxygen atoms in total. The quantitative estimate of drug-likeness (QED) is 0.896. The summed E-state index contributed by atoms with van der Waals surface area (Å²) in [6, 6.07) is 9.25. The third kappa shape index (κ3) is 3.36. The lowest BCUT2D eigenvalue weighted by atomic mass is 9.95. The molecule has 0 aliphatic heterocycles. The lowest BCUT2D eigenvalue weighted by molar-refractivity contribution is -0.120. The van der Waals surface area contributed by atoms with Crippen LogP contribution in [0.1, 0.15) is 24.4 Å². The molecule has 1 heterocycles. The first-order valence-corrected chi connectivity index (χ1v) is 6.77. The van der Waals surface area contributed by atoms with Gasteiger partial charge >= 0.3 is 0 Å². The number of nitrogens with one attached hydrogen (secondary N) is 1.